The van der Waals surface area contributed by atoms with Crippen molar-refractivity contribution in [1.82, 2.24) is 9.88 Å². The number of ether oxygens (including phenoxy) is 2. The van der Waals surface area contributed by atoms with Crippen molar-refractivity contribution in [3.63, 3.8) is 0 Å². The second-order valence-corrected chi connectivity index (χ2v) is 9.32. The number of methoxy groups -OCH3 is 1. The fraction of sp³-hybridized carbons (Fsp3) is 0.346. The van der Waals surface area contributed by atoms with Crippen LogP contribution < -0.4 is 10.1 Å². The largest absolute Gasteiger partial charge is 0.496 e. The van der Waals surface area contributed by atoms with Crippen molar-refractivity contribution in [3.8, 4) is 16.2 Å². The molecule has 3 aromatic rings. The normalized spacial score (nSPS) is 14.0. The number of hydrogen-bond acceptors (Lipinski definition) is 6. The summed E-state index contributed by atoms with van der Waals surface area (Å²) in [6, 6.07) is 15.3. The summed E-state index contributed by atoms with van der Waals surface area (Å²) in [5, 5.41) is 3.44. The molecule has 0 atom stereocenters. The van der Waals surface area contributed by atoms with Crippen LogP contribution in [0.5, 0.6) is 5.75 Å². The van der Waals surface area contributed by atoms with E-state index in [1.807, 2.05) is 62.5 Å². The van der Waals surface area contributed by atoms with E-state index in [2.05, 4.69) is 10.3 Å². The number of rotatable bonds is 7. The Morgan fingerprint density at radius 3 is 2.62 bits per heavy atom. The first-order valence-electron chi connectivity index (χ1n) is 11.3. The number of benzene rings is 2. The van der Waals surface area contributed by atoms with Gasteiger partial charge in [0.1, 0.15) is 5.75 Å². The van der Waals surface area contributed by atoms with Crippen LogP contribution >= 0.6 is 11.3 Å². The van der Waals surface area contributed by atoms with Crippen LogP contribution in [0.2, 0.25) is 0 Å². The fourth-order valence-corrected chi connectivity index (χ4v) is 5.09. The molecular formula is C26H29N3O4S. The van der Waals surface area contributed by atoms with Gasteiger partial charge in [-0.1, -0.05) is 41.7 Å². The summed E-state index contributed by atoms with van der Waals surface area (Å²) in [5.74, 6) is 0.338. The molecule has 1 fully saturated rings. The second kappa shape index (κ2) is 10.8. The number of nitrogens with one attached hydrogen (secondary N) is 1. The van der Waals surface area contributed by atoms with E-state index in [-0.39, 0.29) is 24.3 Å². The summed E-state index contributed by atoms with van der Waals surface area (Å²) in [6.45, 7) is 3.23. The predicted octanol–water partition coefficient (Wildman–Crippen LogP) is 4.56. The highest BCUT2D eigenvalue weighted by Gasteiger charge is 2.26. The van der Waals surface area contributed by atoms with E-state index in [1.165, 1.54) is 11.3 Å². The van der Waals surface area contributed by atoms with Gasteiger partial charge in [0.25, 0.3) is 5.91 Å². The molecule has 0 spiro atoms. The molecule has 1 aliphatic rings. The molecule has 4 rings (SSSR count). The maximum atomic E-state index is 13.4. The Morgan fingerprint density at radius 1 is 1.18 bits per heavy atom. The minimum atomic E-state index is -0.116. The zero-order chi connectivity index (χ0) is 24.1. The lowest BCUT2D eigenvalue weighted by Crippen LogP contribution is -2.40. The first-order chi connectivity index (χ1) is 16.5. The monoisotopic (exact) mass is 479 g/mol. The number of aromatic nitrogens is 1. The van der Waals surface area contributed by atoms with E-state index in [0.29, 0.717) is 29.7 Å². The second-order valence-electron chi connectivity index (χ2n) is 8.32. The van der Waals surface area contributed by atoms with E-state index in [1.54, 1.807) is 12.0 Å². The number of carbonyl (C=O) groups is 2. The SMILES string of the molecule is COc1ccc(-c2sc(NC(=O)Cc3ccccc3)nc2C)cc1C(=O)N(C)C1CCOCC1. The fourth-order valence-electron chi connectivity index (χ4n) is 4.11. The summed E-state index contributed by atoms with van der Waals surface area (Å²) in [6.07, 6.45) is 1.93. The van der Waals surface area contributed by atoms with Gasteiger partial charge >= 0.3 is 0 Å². The number of hydrogen-bond donors (Lipinski definition) is 1. The molecule has 1 aromatic heterocycles. The summed E-state index contributed by atoms with van der Waals surface area (Å²) < 4.78 is 10.9. The quantitative estimate of drug-likeness (QED) is 0.537. The Hall–Kier alpha value is -3.23. The van der Waals surface area contributed by atoms with Crippen LogP contribution in [-0.2, 0) is 16.0 Å². The highest BCUT2D eigenvalue weighted by atomic mass is 32.1. The smallest absolute Gasteiger partial charge is 0.257 e. The van der Waals surface area contributed by atoms with E-state index in [9.17, 15) is 9.59 Å². The number of carbonyl (C=O) groups excluding carboxylic acids is 2. The molecule has 2 heterocycles. The van der Waals surface area contributed by atoms with Crippen LogP contribution in [0.3, 0.4) is 0 Å². The van der Waals surface area contributed by atoms with Gasteiger partial charge < -0.3 is 19.7 Å². The maximum absolute atomic E-state index is 13.4. The van der Waals surface area contributed by atoms with Gasteiger partial charge in [0.15, 0.2) is 5.13 Å². The zero-order valence-corrected chi connectivity index (χ0v) is 20.5. The highest BCUT2D eigenvalue weighted by Crippen LogP contribution is 2.35. The third-order valence-corrected chi connectivity index (χ3v) is 7.12. The van der Waals surface area contributed by atoms with Crippen LogP contribution in [0, 0.1) is 6.92 Å². The third kappa shape index (κ3) is 5.46. The van der Waals surface area contributed by atoms with E-state index in [4.69, 9.17) is 9.47 Å². The molecule has 0 aliphatic carbocycles. The molecule has 1 saturated heterocycles. The molecule has 2 amide bonds. The van der Waals surface area contributed by atoms with Gasteiger partial charge in [0, 0.05) is 26.3 Å². The van der Waals surface area contributed by atoms with Crippen molar-refractivity contribution >= 4 is 28.3 Å². The highest BCUT2D eigenvalue weighted by molar-refractivity contribution is 7.19. The topological polar surface area (TPSA) is 80.8 Å². The minimum absolute atomic E-state index is 0.0795. The van der Waals surface area contributed by atoms with Gasteiger partial charge in [-0.3, -0.25) is 9.59 Å². The molecule has 0 unspecified atom stereocenters. The van der Waals surface area contributed by atoms with Crippen LogP contribution in [0.15, 0.2) is 48.5 Å². The number of amides is 2. The van der Waals surface area contributed by atoms with Crippen LogP contribution in [0.1, 0.15) is 34.5 Å². The minimum Gasteiger partial charge on any atom is -0.496 e. The molecule has 178 valence electrons. The Morgan fingerprint density at radius 2 is 1.91 bits per heavy atom. The lowest BCUT2D eigenvalue weighted by Gasteiger charge is -2.31. The first kappa shape index (κ1) is 23.9. The molecule has 7 nitrogen and oxygen atoms in total. The first-order valence-corrected chi connectivity index (χ1v) is 12.1. The van der Waals surface area contributed by atoms with Gasteiger partial charge in [0.05, 0.1) is 29.7 Å². The Kier molecular flexibility index (Phi) is 7.59. The van der Waals surface area contributed by atoms with Crippen molar-refractivity contribution in [1.29, 1.82) is 0 Å². The van der Waals surface area contributed by atoms with Crippen molar-refractivity contribution < 1.29 is 19.1 Å². The van der Waals surface area contributed by atoms with Crippen molar-refractivity contribution in [3.05, 3.63) is 65.4 Å². The summed E-state index contributed by atoms with van der Waals surface area (Å²) in [7, 11) is 3.40. The van der Waals surface area contributed by atoms with Gasteiger partial charge in [-0.2, -0.15) is 0 Å². The number of anilines is 1. The van der Waals surface area contributed by atoms with Crippen molar-refractivity contribution in [2.24, 2.45) is 0 Å². The molecule has 0 radical (unpaired) electrons. The standard InChI is InChI=1S/C26H29N3O4S/c1-17-24(34-26(27-17)28-23(30)15-18-7-5-4-6-8-18)19-9-10-22(32-3)21(16-19)25(31)29(2)20-11-13-33-14-12-20/h4-10,16,20H,11-15H2,1-3H3,(H,27,28,30). The summed E-state index contributed by atoms with van der Waals surface area (Å²) >= 11 is 1.40. The lowest BCUT2D eigenvalue weighted by molar-refractivity contribution is -0.115. The number of aryl methyl sites for hydroxylation is 1. The molecule has 1 N–H and O–H groups in total. The third-order valence-electron chi connectivity index (χ3n) is 6.00. The molecule has 34 heavy (non-hydrogen) atoms. The van der Waals surface area contributed by atoms with Gasteiger partial charge in [-0.15, -0.1) is 0 Å². The molecular weight excluding hydrogens is 450 g/mol. The van der Waals surface area contributed by atoms with Crippen LogP contribution in [-0.4, -0.2) is 55.1 Å². The van der Waals surface area contributed by atoms with Gasteiger partial charge in [-0.25, -0.2) is 4.98 Å². The van der Waals surface area contributed by atoms with Gasteiger partial charge in [0.2, 0.25) is 5.91 Å². The molecule has 2 aromatic carbocycles. The van der Waals surface area contributed by atoms with Gasteiger partial charge in [-0.05, 0) is 49.1 Å². The maximum Gasteiger partial charge on any atom is 0.257 e. The summed E-state index contributed by atoms with van der Waals surface area (Å²) in [5.41, 5.74) is 3.11. The number of thiazole rings is 1. The van der Waals surface area contributed by atoms with Crippen LogP contribution in [0.4, 0.5) is 5.13 Å². The average Bonchev–Trinajstić information content (AvgIpc) is 3.23. The Bertz CT molecular complexity index is 1160. The molecule has 0 saturated carbocycles. The van der Waals surface area contributed by atoms with Crippen molar-refractivity contribution in [2.45, 2.75) is 32.2 Å². The average molecular weight is 480 g/mol. The Balaban J connectivity index is 1.54. The predicted molar refractivity (Wildman–Crippen MR) is 134 cm³/mol. The van der Waals surface area contributed by atoms with E-state index in [0.717, 1.165) is 34.5 Å². The molecule has 0 bridgehead atoms. The van der Waals surface area contributed by atoms with Crippen molar-refractivity contribution in [2.75, 3.05) is 32.7 Å². The zero-order valence-electron chi connectivity index (χ0n) is 19.7. The molecule has 8 heteroatoms. The summed E-state index contributed by atoms with van der Waals surface area (Å²) in [4.78, 5) is 33.1. The van der Waals surface area contributed by atoms with Crippen LogP contribution in [0.25, 0.3) is 10.4 Å². The van der Waals surface area contributed by atoms with E-state index >= 15 is 0 Å². The number of nitrogens with zero attached hydrogens (tertiary/aromatic N) is 2. The molecule has 1 aliphatic heterocycles. The Labute approximate surface area is 203 Å². The van der Waals surface area contributed by atoms with E-state index < -0.39 is 0 Å². The lowest BCUT2D eigenvalue weighted by atomic mass is 10.0.